The van der Waals surface area contributed by atoms with Crippen molar-refractivity contribution in [1.82, 2.24) is 4.90 Å². The van der Waals surface area contributed by atoms with E-state index in [4.69, 9.17) is 28.9 Å². The van der Waals surface area contributed by atoms with Crippen LogP contribution in [0.1, 0.15) is 0 Å². The molecule has 1 aliphatic rings. The lowest BCUT2D eigenvalue weighted by Crippen LogP contribution is -2.49. The number of carbonyl (C=O) groups is 1. The smallest absolute Gasteiger partial charge is 0.292 e. The number of halogens is 2. The molecule has 0 bridgehead atoms. The SMILES string of the molecule is CN1CCN(c2ccc(NCCNc3ccc([N+](=O)[O-])c(N)c3)cc2-c2ccc(Cl)cc2Cl)C(=O)C1. The van der Waals surface area contributed by atoms with Crippen molar-refractivity contribution >= 4 is 57.5 Å². The number of hydrogen-bond donors (Lipinski definition) is 3. The van der Waals surface area contributed by atoms with Gasteiger partial charge in [0.1, 0.15) is 5.69 Å². The number of hydrogen-bond acceptors (Lipinski definition) is 7. The molecule has 0 aliphatic carbocycles. The van der Waals surface area contributed by atoms with Crippen LogP contribution in [0.3, 0.4) is 0 Å². The maximum Gasteiger partial charge on any atom is 0.292 e. The summed E-state index contributed by atoms with van der Waals surface area (Å²) in [5.74, 6) is 0.0300. The van der Waals surface area contributed by atoms with E-state index < -0.39 is 4.92 Å². The van der Waals surface area contributed by atoms with Crippen molar-refractivity contribution in [3.8, 4) is 11.1 Å². The van der Waals surface area contributed by atoms with E-state index in [-0.39, 0.29) is 17.3 Å². The molecule has 3 aromatic carbocycles. The van der Waals surface area contributed by atoms with E-state index in [1.165, 1.54) is 6.07 Å². The van der Waals surface area contributed by atoms with Gasteiger partial charge in [0.05, 0.1) is 17.2 Å². The summed E-state index contributed by atoms with van der Waals surface area (Å²) in [6.45, 7) is 2.83. The molecule has 0 aromatic heterocycles. The molecule has 0 saturated carbocycles. The quantitative estimate of drug-likeness (QED) is 0.164. The van der Waals surface area contributed by atoms with Gasteiger partial charge in [-0.2, -0.15) is 0 Å². The summed E-state index contributed by atoms with van der Waals surface area (Å²) in [6, 6.07) is 15.7. The largest absolute Gasteiger partial charge is 0.393 e. The zero-order valence-corrected chi connectivity index (χ0v) is 21.1. The Morgan fingerprint density at radius 2 is 1.67 bits per heavy atom. The van der Waals surface area contributed by atoms with Crippen molar-refractivity contribution in [2.75, 3.05) is 61.0 Å². The van der Waals surface area contributed by atoms with Crippen molar-refractivity contribution in [2.24, 2.45) is 0 Å². The van der Waals surface area contributed by atoms with Crippen molar-refractivity contribution in [3.63, 3.8) is 0 Å². The highest BCUT2D eigenvalue weighted by molar-refractivity contribution is 6.36. The van der Waals surface area contributed by atoms with E-state index in [2.05, 4.69) is 10.6 Å². The normalized spacial score (nSPS) is 14.1. The second-order valence-electron chi connectivity index (χ2n) is 8.52. The Bertz CT molecular complexity index is 1300. The maximum absolute atomic E-state index is 12.8. The van der Waals surface area contributed by atoms with E-state index in [1.807, 2.05) is 36.2 Å². The number of nitrogen functional groups attached to an aromatic ring is 1. The molecule has 3 aromatic rings. The molecule has 36 heavy (non-hydrogen) atoms. The Morgan fingerprint density at radius 3 is 2.31 bits per heavy atom. The number of carbonyl (C=O) groups excluding carboxylic acids is 1. The first-order valence-electron chi connectivity index (χ1n) is 11.3. The summed E-state index contributed by atoms with van der Waals surface area (Å²) in [5.41, 5.74) is 9.70. The number of anilines is 4. The average molecular weight is 529 g/mol. The first-order chi connectivity index (χ1) is 17.2. The third-order valence-electron chi connectivity index (χ3n) is 5.93. The Morgan fingerprint density at radius 1 is 0.972 bits per heavy atom. The van der Waals surface area contributed by atoms with Crippen LogP contribution in [0.4, 0.5) is 28.4 Å². The monoisotopic (exact) mass is 528 g/mol. The number of nitro groups is 1. The molecule has 0 spiro atoms. The predicted octanol–water partition coefficient (Wildman–Crippen LogP) is 4.95. The lowest BCUT2D eigenvalue weighted by atomic mass is 10.0. The van der Waals surface area contributed by atoms with Crippen molar-refractivity contribution < 1.29 is 9.72 Å². The summed E-state index contributed by atoms with van der Waals surface area (Å²) in [4.78, 5) is 27.0. The summed E-state index contributed by atoms with van der Waals surface area (Å²) >= 11 is 12.7. The molecule has 4 N–H and O–H groups in total. The van der Waals surface area contributed by atoms with E-state index in [0.29, 0.717) is 41.9 Å². The van der Waals surface area contributed by atoms with E-state index in [0.717, 1.165) is 29.0 Å². The number of nitrogens with two attached hydrogens (primary N) is 1. The first kappa shape index (κ1) is 25.6. The Balaban J connectivity index is 1.51. The van der Waals surface area contributed by atoms with Gasteiger partial charge in [-0.3, -0.25) is 19.8 Å². The van der Waals surface area contributed by atoms with Gasteiger partial charge in [0.25, 0.3) is 5.69 Å². The molecule has 11 heteroatoms. The Kier molecular flexibility index (Phi) is 7.83. The van der Waals surface area contributed by atoms with Gasteiger partial charge >= 0.3 is 0 Å². The number of piperazine rings is 1. The Hall–Kier alpha value is -3.53. The zero-order valence-electron chi connectivity index (χ0n) is 19.6. The molecule has 0 unspecified atom stereocenters. The molecule has 9 nitrogen and oxygen atoms in total. The van der Waals surface area contributed by atoms with Gasteiger partial charge in [-0.05, 0) is 49.5 Å². The summed E-state index contributed by atoms with van der Waals surface area (Å²) in [7, 11) is 1.93. The second kappa shape index (κ2) is 11.0. The molecular formula is C25H26Cl2N6O3. The van der Waals surface area contributed by atoms with E-state index in [1.54, 1.807) is 29.2 Å². The van der Waals surface area contributed by atoms with Crippen LogP contribution >= 0.6 is 23.2 Å². The summed E-state index contributed by atoms with van der Waals surface area (Å²) < 4.78 is 0. The van der Waals surface area contributed by atoms with Crippen LogP contribution in [0.25, 0.3) is 11.1 Å². The highest BCUT2D eigenvalue weighted by atomic mass is 35.5. The number of nitro benzene ring substituents is 1. The van der Waals surface area contributed by atoms with Gasteiger partial charge in [-0.15, -0.1) is 0 Å². The van der Waals surface area contributed by atoms with Crippen LogP contribution in [0, 0.1) is 10.1 Å². The predicted molar refractivity (Wildman–Crippen MR) is 146 cm³/mol. The number of benzene rings is 3. The minimum atomic E-state index is -0.509. The van der Waals surface area contributed by atoms with Crippen LogP contribution in [0.15, 0.2) is 54.6 Å². The van der Waals surface area contributed by atoms with Crippen molar-refractivity contribution in [1.29, 1.82) is 0 Å². The lowest BCUT2D eigenvalue weighted by Gasteiger charge is -2.33. The van der Waals surface area contributed by atoms with Crippen molar-refractivity contribution in [2.45, 2.75) is 0 Å². The fourth-order valence-corrected chi connectivity index (χ4v) is 4.61. The van der Waals surface area contributed by atoms with Gasteiger partial charge in [-0.1, -0.05) is 29.3 Å². The van der Waals surface area contributed by atoms with Gasteiger partial charge < -0.3 is 21.3 Å². The molecular weight excluding hydrogens is 503 g/mol. The number of likely N-dealkylation sites (N-methyl/N-ethyl adjacent to an activating group) is 1. The van der Waals surface area contributed by atoms with Gasteiger partial charge in [-0.25, -0.2) is 0 Å². The fraction of sp³-hybridized carbons (Fsp3) is 0.240. The first-order valence-corrected chi connectivity index (χ1v) is 12.1. The molecule has 1 heterocycles. The number of amides is 1. The number of nitrogens with one attached hydrogen (secondary N) is 2. The molecule has 1 aliphatic heterocycles. The lowest BCUT2D eigenvalue weighted by molar-refractivity contribution is -0.383. The van der Waals surface area contributed by atoms with E-state index >= 15 is 0 Å². The summed E-state index contributed by atoms with van der Waals surface area (Å²) in [6.07, 6.45) is 0. The second-order valence-corrected chi connectivity index (χ2v) is 9.37. The number of rotatable bonds is 8. The van der Waals surface area contributed by atoms with Gasteiger partial charge in [0.2, 0.25) is 5.91 Å². The highest BCUT2D eigenvalue weighted by Crippen LogP contribution is 2.39. The number of nitrogens with zero attached hydrogens (tertiary/aromatic N) is 3. The molecule has 4 rings (SSSR count). The Labute approximate surface area is 218 Å². The van der Waals surface area contributed by atoms with Gasteiger partial charge in [0, 0.05) is 64.8 Å². The third kappa shape index (κ3) is 5.81. The topological polar surface area (TPSA) is 117 Å². The molecule has 1 saturated heterocycles. The minimum absolute atomic E-state index is 0.0300. The molecule has 1 amide bonds. The molecule has 188 valence electrons. The third-order valence-corrected chi connectivity index (χ3v) is 6.48. The highest BCUT2D eigenvalue weighted by Gasteiger charge is 2.26. The van der Waals surface area contributed by atoms with E-state index in [9.17, 15) is 14.9 Å². The molecule has 1 fully saturated rings. The van der Waals surface area contributed by atoms with Crippen LogP contribution in [-0.4, -0.2) is 55.5 Å². The van der Waals surface area contributed by atoms with Crippen molar-refractivity contribution in [3.05, 3.63) is 74.8 Å². The van der Waals surface area contributed by atoms with Gasteiger partial charge in [0.15, 0.2) is 0 Å². The average Bonchev–Trinajstić information content (AvgIpc) is 2.82. The summed E-state index contributed by atoms with van der Waals surface area (Å²) in [5, 5.41) is 18.5. The molecule has 0 radical (unpaired) electrons. The fourth-order valence-electron chi connectivity index (χ4n) is 4.09. The maximum atomic E-state index is 12.8. The molecule has 0 atom stereocenters. The van der Waals surface area contributed by atoms with Crippen LogP contribution in [0.2, 0.25) is 10.0 Å². The minimum Gasteiger partial charge on any atom is -0.393 e. The van der Waals surface area contributed by atoms with Crippen LogP contribution < -0.4 is 21.3 Å². The zero-order chi connectivity index (χ0) is 25.8. The van der Waals surface area contributed by atoms with Crippen LogP contribution in [-0.2, 0) is 4.79 Å². The standard InChI is InChI=1S/C25H26Cl2N6O3/c1-31-10-11-32(25(34)15-31)23-6-3-17(13-20(23)19-5-2-16(26)12-21(19)27)29-8-9-30-18-4-7-24(33(35)36)22(28)14-18/h2-7,12-14,29-30H,8-11,15,28H2,1H3. The van der Waals surface area contributed by atoms with Crippen LogP contribution in [0.5, 0.6) is 0 Å².